The monoisotopic (exact) mass is 327 g/mol. The molecule has 0 aliphatic rings. The summed E-state index contributed by atoms with van der Waals surface area (Å²) in [6, 6.07) is 8.47. The van der Waals surface area contributed by atoms with Crippen LogP contribution in [0.4, 0.5) is 0 Å². The molecule has 7 heteroatoms. The van der Waals surface area contributed by atoms with Gasteiger partial charge >= 0.3 is 5.97 Å². The highest BCUT2D eigenvalue weighted by Gasteiger charge is 2.39. The standard InChI is InChI=1S/C15H21NO5S/c1-3-15(14(18)19,12-8-5-4-6-9-12)16-13(17)10-7-11-22(2,20)21/h4-6,8-9H,3,7,10-11H2,1-2H3,(H,16,17)(H,18,19). The van der Waals surface area contributed by atoms with Crippen LogP contribution >= 0.6 is 0 Å². The molecule has 1 unspecified atom stereocenters. The number of aliphatic carboxylic acids is 1. The van der Waals surface area contributed by atoms with Crippen molar-refractivity contribution in [3.63, 3.8) is 0 Å². The largest absolute Gasteiger partial charge is 0.479 e. The van der Waals surface area contributed by atoms with Crippen molar-refractivity contribution >= 4 is 21.7 Å². The number of carbonyl (C=O) groups excluding carboxylic acids is 1. The van der Waals surface area contributed by atoms with Crippen LogP contribution in [-0.4, -0.2) is 37.4 Å². The average Bonchev–Trinajstić information content (AvgIpc) is 2.44. The van der Waals surface area contributed by atoms with E-state index in [1.165, 1.54) is 0 Å². The van der Waals surface area contributed by atoms with Gasteiger partial charge in [0.15, 0.2) is 5.54 Å². The Morgan fingerprint density at radius 2 is 1.82 bits per heavy atom. The fraction of sp³-hybridized carbons (Fsp3) is 0.467. The molecule has 0 bridgehead atoms. The summed E-state index contributed by atoms with van der Waals surface area (Å²) in [6.07, 6.45) is 1.42. The van der Waals surface area contributed by atoms with Gasteiger partial charge in [0.1, 0.15) is 9.84 Å². The number of carboxylic acids is 1. The van der Waals surface area contributed by atoms with Gasteiger partial charge in [-0.05, 0) is 18.4 Å². The number of hydrogen-bond acceptors (Lipinski definition) is 4. The first-order chi connectivity index (χ1) is 10.2. The highest BCUT2D eigenvalue weighted by molar-refractivity contribution is 7.90. The normalized spacial score (nSPS) is 14.1. The molecule has 122 valence electrons. The van der Waals surface area contributed by atoms with Gasteiger partial charge < -0.3 is 10.4 Å². The topological polar surface area (TPSA) is 101 Å². The van der Waals surface area contributed by atoms with Gasteiger partial charge in [0.2, 0.25) is 5.91 Å². The molecule has 1 rings (SSSR count). The minimum atomic E-state index is -3.13. The molecule has 0 radical (unpaired) electrons. The van der Waals surface area contributed by atoms with E-state index in [9.17, 15) is 23.1 Å². The molecule has 6 nitrogen and oxygen atoms in total. The van der Waals surface area contributed by atoms with E-state index < -0.39 is 27.3 Å². The first-order valence-corrected chi connectivity index (χ1v) is 9.05. The van der Waals surface area contributed by atoms with Crippen LogP contribution in [0.25, 0.3) is 0 Å². The highest BCUT2D eigenvalue weighted by atomic mass is 32.2. The average molecular weight is 327 g/mol. The number of carboxylic acid groups (broad SMARTS) is 1. The Labute approximate surface area is 130 Å². The fourth-order valence-electron chi connectivity index (χ4n) is 2.21. The van der Waals surface area contributed by atoms with E-state index in [1.54, 1.807) is 37.3 Å². The second-order valence-electron chi connectivity index (χ2n) is 5.21. The third-order valence-corrected chi connectivity index (χ3v) is 4.46. The van der Waals surface area contributed by atoms with Gasteiger partial charge in [0, 0.05) is 12.7 Å². The maximum Gasteiger partial charge on any atom is 0.334 e. The van der Waals surface area contributed by atoms with Crippen molar-refractivity contribution in [3.05, 3.63) is 35.9 Å². The van der Waals surface area contributed by atoms with Crippen molar-refractivity contribution < 1.29 is 23.1 Å². The van der Waals surface area contributed by atoms with Gasteiger partial charge in [-0.3, -0.25) is 4.79 Å². The Morgan fingerprint density at radius 3 is 2.27 bits per heavy atom. The summed E-state index contributed by atoms with van der Waals surface area (Å²) in [7, 11) is -3.13. The molecule has 0 fully saturated rings. The Bertz CT molecular complexity index is 627. The van der Waals surface area contributed by atoms with Gasteiger partial charge in [0.25, 0.3) is 0 Å². The summed E-state index contributed by atoms with van der Waals surface area (Å²) in [6.45, 7) is 1.68. The van der Waals surface area contributed by atoms with E-state index in [0.29, 0.717) is 5.56 Å². The maximum atomic E-state index is 12.0. The van der Waals surface area contributed by atoms with Crippen LogP contribution in [0.15, 0.2) is 30.3 Å². The minimum Gasteiger partial charge on any atom is -0.479 e. The lowest BCUT2D eigenvalue weighted by atomic mass is 9.87. The molecule has 0 heterocycles. The third-order valence-electron chi connectivity index (χ3n) is 3.43. The first-order valence-electron chi connectivity index (χ1n) is 6.99. The summed E-state index contributed by atoms with van der Waals surface area (Å²) in [5, 5.41) is 12.1. The molecule has 0 saturated heterocycles. The van der Waals surface area contributed by atoms with Crippen molar-refractivity contribution in [1.29, 1.82) is 0 Å². The van der Waals surface area contributed by atoms with Gasteiger partial charge in [-0.25, -0.2) is 13.2 Å². The van der Waals surface area contributed by atoms with E-state index in [-0.39, 0.29) is 25.0 Å². The van der Waals surface area contributed by atoms with Crippen LogP contribution in [0, 0.1) is 0 Å². The van der Waals surface area contributed by atoms with Gasteiger partial charge in [-0.1, -0.05) is 37.3 Å². The lowest BCUT2D eigenvalue weighted by Gasteiger charge is -2.30. The quantitative estimate of drug-likeness (QED) is 0.750. The molecule has 0 aliphatic heterocycles. The van der Waals surface area contributed by atoms with Crippen LogP contribution < -0.4 is 5.32 Å². The predicted molar refractivity (Wildman–Crippen MR) is 83.1 cm³/mol. The molecule has 1 atom stereocenters. The SMILES string of the molecule is CCC(NC(=O)CCCS(C)(=O)=O)(C(=O)O)c1ccccc1. The number of carbonyl (C=O) groups is 2. The summed E-state index contributed by atoms with van der Waals surface area (Å²) in [5.74, 6) is -1.72. The van der Waals surface area contributed by atoms with Gasteiger partial charge in [0.05, 0.1) is 5.75 Å². The van der Waals surface area contributed by atoms with E-state index in [1.807, 2.05) is 0 Å². The second-order valence-corrected chi connectivity index (χ2v) is 7.47. The first kappa shape index (κ1) is 18.2. The summed E-state index contributed by atoms with van der Waals surface area (Å²) in [4.78, 5) is 23.7. The smallest absolute Gasteiger partial charge is 0.334 e. The predicted octanol–water partition coefficient (Wildman–Crippen LogP) is 1.32. The van der Waals surface area contributed by atoms with Crippen LogP contribution in [0.3, 0.4) is 0 Å². The maximum absolute atomic E-state index is 12.0. The number of rotatable bonds is 8. The van der Waals surface area contributed by atoms with Crippen LogP contribution in [0.1, 0.15) is 31.7 Å². The number of benzene rings is 1. The fourth-order valence-corrected chi connectivity index (χ4v) is 2.88. The molecular weight excluding hydrogens is 306 g/mol. The Hall–Kier alpha value is -1.89. The molecule has 0 aliphatic carbocycles. The van der Waals surface area contributed by atoms with E-state index in [2.05, 4.69) is 5.32 Å². The van der Waals surface area contributed by atoms with Gasteiger partial charge in [-0.2, -0.15) is 0 Å². The number of nitrogens with one attached hydrogen (secondary N) is 1. The summed E-state index contributed by atoms with van der Waals surface area (Å²) in [5.41, 5.74) is -1.01. The number of sulfone groups is 1. The molecule has 0 aromatic heterocycles. The lowest BCUT2D eigenvalue weighted by molar-refractivity contribution is -0.148. The van der Waals surface area contributed by atoms with E-state index in [0.717, 1.165) is 6.26 Å². The van der Waals surface area contributed by atoms with Crippen molar-refractivity contribution in [2.75, 3.05) is 12.0 Å². The van der Waals surface area contributed by atoms with Crippen molar-refractivity contribution in [2.24, 2.45) is 0 Å². The van der Waals surface area contributed by atoms with Crippen molar-refractivity contribution in [2.45, 2.75) is 31.7 Å². The van der Waals surface area contributed by atoms with Crippen LogP contribution in [-0.2, 0) is 25.0 Å². The van der Waals surface area contributed by atoms with Crippen molar-refractivity contribution in [1.82, 2.24) is 5.32 Å². The third kappa shape index (κ3) is 4.84. The number of amides is 1. The zero-order chi connectivity index (χ0) is 16.8. The molecule has 0 saturated carbocycles. The van der Waals surface area contributed by atoms with E-state index >= 15 is 0 Å². The molecule has 2 N–H and O–H groups in total. The number of hydrogen-bond donors (Lipinski definition) is 2. The second kappa shape index (κ2) is 7.40. The Balaban J connectivity index is 2.87. The van der Waals surface area contributed by atoms with Gasteiger partial charge in [-0.15, -0.1) is 0 Å². The Kier molecular flexibility index (Phi) is 6.11. The summed E-state index contributed by atoms with van der Waals surface area (Å²) >= 11 is 0. The van der Waals surface area contributed by atoms with Crippen molar-refractivity contribution in [3.8, 4) is 0 Å². The molecular formula is C15H21NO5S. The summed E-state index contributed by atoms with van der Waals surface area (Å²) < 4.78 is 22.1. The molecule has 22 heavy (non-hydrogen) atoms. The van der Waals surface area contributed by atoms with Crippen LogP contribution in [0.5, 0.6) is 0 Å². The van der Waals surface area contributed by atoms with E-state index in [4.69, 9.17) is 0 Å². The van der Waals surface area contributed by atoms with Crippen LogP contribution in [0.2, 0.25) is 0 Å². The lowest BCUT2D eigenvalue weighted by Crippen LogP contribution is -2.51. The zero-order valence-corrected chi connectivity index (χ0v) is 13.5. The highest BCUT2D eigenvalue weighted by Crippen LogP contribution is 2.25. The molecule has 1 aromatic carbocycles. The zero-order valence-electron chi connectivity index (χ0n) is 12.7. The molecule has 1 amide bonds. The molecule has 0 spiro atoms. The minimum absolute atomic E-state index is 0.0328. The molecule has 1 aromatic rings. The Morgan fingerprint density at radius 1 is 1.23 bits per heavy atom.